The minimum atomic E-state index is -0.860. The van der Waals surface area contributed by atoms with E-state index in [1.807, 2.05) is 13.0 Å². The molecular weight excluding hydrogens is 298 g/mol. The summed E-state index contributed by atoms with van der Waals surface area (Å²) in [5.41, 5.74) is 0. The van der Waals surface area contributed by atoms with Gasteiger partial charge in [-0.3, -0.25) is 14.5 Å². The summed E-state index contributed by atoms with van der Waals surface area (Å²) in [4.78, 5) is 37.6. The first-order valence-electron chi connectivity index (χ1n) is 7.78. The molecule has 1 aromatic carbocycles. The maximum Gasteiger partial charge on any atom is 0.329 e. The van der Waals surface area contributed by atoms with Crippen molar-refractivity contribution in [1.82, 2.24) is 4.90 Å². The Bertz CT molecular complexity index is 572. The van der Waals surface area contributed by atoms with Gasteiger partial charge in [0.2, 0.25) is 5.91 Å². The highest BCUT2D eigenvalue weighted by Gasteiger charge is 2.43. The highest BCUT2D eigenvalue weighted by atomic mass is 16.5. The molecule has 1 heterocycles. The summed E-state index contributed by atoms with van der Waals surface area (Å²) >= 11 is 0. The summed E-state index contributed by atoms with van der Waals surface area (Å²) in [6.45, 7) is 3.72. The topological polar surface area (TPSA) is 72.9 Å². The van der Waals surface area contributed by atoms with Gasteiger partial charge in [0.15, 0.2) is 6.10 Å². The van der Waals surface area contributed by atoms with Crippen LogP contribution in [0.2, 0.25) is 0 Å². The first kappa shape index (κ1) is 17.0. The van der Waals surface area contributed by atoms with Gasteiger partial charge in [0.1, 0.15) is 11.8 Å². The van der Waals surface area contributed by atoms with Gasteiger partial charge in [-0.05, 0) is 31.9 Å². The molecule has 2 rings (SSSR count). The number of nitrogens with zero attached hydrogens (tertiary/aromatic N) is 1. The molecule has 2 atom stereocenters. The van der Waals surface area contributed by atoms with Crippen LogP contribution in [0.25, 0.3) is 0 Å². The van der Waals surface area contributed by atoms with Crippen LogP contribution in [0.1, 0.15) is 33.1 Å². The van der Waals surface area contributed by atoms with Crippen molar-refractivity contribution in [3.8, 4) is 5.75 Å². The molecule has 1 saturated heterocycles. The third kappa shape index (κ3) is 4.09. The number of benzene rings is 1. The van der Waals surface area contributed by atoms with Crippen molar-refractivity contribution in [3.05, 3.63) is 30.3 Å². The molecule has 0 aliphatic carbocycles. The molecular formula is C17H21NO5. The van der Waals surface area contributed by atoms with E-state index in [-0.39, 0.29) is 18.9 Å². The number of likely N-dealkylation sites (tertiary alicyclic amines) is 1. The summed E-state index contributed by atoms with van der Waals surface area (Å²) in [6, 6.07) is 8.02. The lowest BCUT2D eigenvalue weighted by molar-refractivity contribution is -0.159. The molecule has 23 heavy (non-hydrogen) atoms. The number of ether oxygens (including phenoxy) is 2. The van der Waals surface area contributed by atoms with Gasteiger partial charge in [0, 0.05) is 6.42 Å². The molecule has 2 unspecified atom stereocenters. The Hall–Kier alpha value is -2.37. The number of rotatable bonds is 6. The third-order valence-corrected chi connectivity index (χ3v) is 3.57. The fourth-order valence-electron chi connectivity index (χ4n) is 2.43. The number of amides is 2. The monoisotopic (exact) mass is 319 g/mol. The highest BCUT2D eigenvalue weighted by Crippen LogP contribution is 2.22. The zero-order valence-electron chi connectivity index (χ0n) is 13.4. The maximum atomic E-state index is 12.5. The fourth-order valence-corrected chi connectivity index (χ4v) is 2.43. The van der Waals surface area contributed by atoms with E-state index in [9.17, 15) is 14.4 Å². The SMILES string of the molecule is CCCOC(=O)C1CCC(=O)N1C(=O)C(C)Oc1ccccc1. The van der Waals surface area contributed by atoms with E-state index in [0.717, 1.165) is 4.90 Å². The van der Waals surface area contributed by atoms with Crippen molar-refractivity contribution in [2.75, 3.05) is 6.61 Å². The molecule has 0 N–H and O–H groups in total. The van der Waals surface area contributed by atoms with Crippen molar-refractivity contribution < 1.29 is 23.9 Å². The largest absolute Gasteiger partial charge is 0.481 e. The van der Waals surface area contributed by atoms with Crippen LogP contribution in [0.5, 0.6) is 5.75 Å². The second-order valence-electron chi connectivity index (χ2n) is 5.40. The van der Waals surface area contributed by atoms with Gasteiger partial charge in [-0.15, -0.1) is 0 Å². The molecule has 1 aliphatic rings. The van der Waals surface area contributed by atoms with Crippen LogP contribution in [0.3, 0.4) is 0 Å². The van der Waals surface area contributed by atoms with E-state index in [0.29, 0.717) is 18.6 Å². The van der Waals surface area contributed by atoms with Gasteiger partial charge in [0.05, 0.1) is 6.61 Å². The summed E-state index contributed by atoms with van der Waals surface area (Å²) < 4.78 is 10.6. The molecule has 0 bridgehead atoms. The zero-order chi connectivity index (χ0) is 16.8. The first-order valence-corrected chi connectivity index (χ1v) is 7.78. The van der Waals surface area contributed by atoms with Gasteiger partial charge in [-0.1, -0.05) is 25.1 Å². The second-order valence-corrected chi connectivity index (χ2v) is 5.40. The van der Waals surface area contributed by atoms with Gasteiger partial charge in [-0.25, -0.2) is 4.79 Å². The quantitative estimate of drug-likeness (QED) is 0.749. The lowest BCUT2D eigenvalue weighted by atomic mass is 10.2. The normalized spacial score (nSPS) is 18.6. The van der Waals surface area contributed by atoms with E-state index in [2.05, 4.69) is 0 Å². The van der Waals surface area contributed by atoms with Crippen LogP contribution in [-0.4, -0.2) is 41.4 Å². The standard InChI is InChI=1S/C17H21NO5/c1-3-11-22-17(21)14-9-10-15(19)18(14)16(20)12(2)23-13-7-5-4-6-8-13/h4-8,12,14H,3,9-11H2,1-2H3. The molecule has 1 aliphatic heterocycles. The molecule has 0 aromatic heterocycles. The smallest absolute Gasteiger partial charge is 0.329 e. The molecule has 6 nitrogen and oxygen atoms in total. The van der Waals surface area contributed by atoms with Gasteiger partial charge < -0.3 is 9.47 Å². The number of carbonyl (C=O) groups excluding carboxylic acids is 3. The number of para-hydroxylation sites is 1. The lowest BCUT2D eigenvalue weighted by Crippen LogP contribution is -2.48. The van der Waals surface area contributed by atoms with Crippen molar-refractivity contribution in [2.24, 2.45) is 0 Å². The molecule has 0 radical (unpaired) electrons. The van der Waals surface area contributed by atoms with Gasteiger partial charge >= 0.3 is 5.97 Å². The fraction of sp³-hybridized carbons (Fsp3) is 0.471. The van der Waals surface area contributed by atoms with E-state index in [1.54, 1.807) is 31.2 Å². The Balaban J connectivity index is 2.05. The summed E-state index contributed by atoms with van der Waals surface area (Å²) in [5.74, 6) is -0.880. The molecule has 6 heteroatoms. The maximum absolute atomic E-state index is 12.5. The van der Waals surface area contributed by atoms with E-state index in [4.69, 9.17) is 9.47 Å². The van der Waals surface area contributed by atoms with E-state index >= 15 is 0 Å². The Morgan fingerprint density at radius 1 is 1.30 bits per heavy atom. The molecule has 1 aromatic rings. The molecule has 2 amide bonds. The van der Waals surface area contributed by atoms with Crippen molar-refractivity contribution in [1.29, 1.82) is 0 Å². The summed E-state index contributed by atoms with van der Waals surface area (Å²) in [6.07, 6.45) is 0.287. The van der Waals surface area contributed by atoms with E-state index < -0.39 is 24.0 Å². The van der Waals surface area contributed by atoms with Crippen LogP contribution in [0.15, 0.2) is 30.3 Å². The van der Waals surface area contributed by atoms with Crippen molar-refractivity contribution in [2.45, 2.75) is 45.3 Å². The summed E-state index contributed by atoms with van der Waals surface area (Å²) in [7, 11) is 0. The molecule has 1 fully saturated rings. The van der Waals surface area contributed by atoms with Crippen LogP contribution >= 0.6 is 0 Å². The van der Waals surface area contributed by atoms with Crippen LogP contribution < -0.4 is 4.74 Å². The average molecular weight is 319 g/mol. The minimum absolute atomic E-state index is 0.162. The molecule has 0 saturated carbocycles. The molecule has 124 valence electrons. The number of esters is 1. The Morgan fingerprint density at radius 2 is 2.00 bits per heavy atom. The van der Waals surface area contributed by atoms with Crippen molar-refractivity contribution >= 4 is 17.8 Å². The van der Waals surface area contributed by atoms with Crippen molar-refractivity contribution in [3.63, 3.8) is 0 Å². The number of carbonyl (C=O) groups is 3. The van der Waals surface area contributed by atoms with Gasteiger partial charge in [0.25, 0.3) is 5.91 Å². The Labute approximate surface area is 135 Å². The Kier molecular flexibility index (Phi) is 5.73. The summed E-state index contributed by atoms with van der Waals surface area (Å²) in [5, 5.41) is 0. The number of hydrogen-bond donors (Lipinski definition) is 0. The second kappa shape index (κ2) is 7.76. The predicted octanol–water partition coefficient (Wildman–Crippen LogP) is 1.92. The average Bonchev–Trinajstić information content (AvgIpc) is 2.94. The van der Waals surface area contributed by atoms with Crippen LogP contribution in [0.4, 0.5) is 0 Å². The molecule has 0 spiro atoms. The van der Waals surface area contributed by atoms with Gasteiger partial charge in [-0.2, -0.15) is 0 Å². The van der Waals surface area contributed by atoms with Crippen LogP contribution in [0, 0.1) is 0 Å². The zero-order valence-corrected chi connectivity index (χ0v) is 13.4. The van der Waals surface area contributed by atoms with Crippen LogP contribution in [-0.2, 0) is 19.1 Å². The number of hydrogen-bond acceptors (Lipinski definition) is 5. The predicted molar refractivity (Wildman–Crippen MR) is 82.7 cm³/mol. The van der Waals surface area contributed by atoms with E-state index in [1.165, 1.54) is 0 Å². The third-order valence-electron chi connectivity index (χ3n) is 3.57. The first-order chi connectivity index (χ1) is 11.0. The highest BCUT2D eigenvalue weighted by molar-refractivity contribution is 6.03. The Morgan fingerprint density at radius 3 is 2.65 bits per heavy atom. The minimum Gasteiger partial charge on any atom is -0.481 e. The lowest BCUT2D eigenvalue weighted by Gasteiger charge is -2.25. The number of imide groups is 1.